The summed E-state index contributed by atoms with van der Waals surface area (Å²) in [7, 11) is 0. The van der Waals surface area contributed by atoms with Gasteiger partial charge in [-0.25, -0.2) is 4.98 Å². The number of thiazole rings is 1. The van der Waals surface area contributed by atoms with E-state index in [4.69, 9.17) is 5.73 Å². The van der Waals surface area contributed by atoms with Crippen LogP contribution in [0.3, 0.4) is 0 Å². The summed E-state index contributed by atoms with van der Waals surface area (Å²) >= 11 is 1.16. The molecule has 8 heteroatoms. The van der Waals surface area contributed by atoms with Crippen molar-refractivity contribution < 1.29 is 18.0 Å². The van der Waals surface area contributed by atoms with Gasteiger partial charge in [-0.3, -0.25) is 4.79 Å². The van der Waals surface area contributed by atoms with Gasteiger partial charge in [0.05, 0.1) is 12.1 Å². The number of hydrogen-bond donors (Lipinski definition) is 1. The first-order valence-electron chi connectivity index (χ1n) is 6.32. The second-order valence-electron chi connectivity index (χ2n) is 4.46. The number of nitrogens with zero attached hydrogens (tertiary/aromatic N) is 2. The van der Waals surface area contributed by atoms with E-state index in [1.54, 1.807) is 19.2 Å². The molecule has 1 rings (SSSR count). The normalized spacial score (nSPS) is 11.9. The van der Waals surface area contributed by atoms with Gasteiger partial charge in [-0.1, -0.05) is 13.8 Å². The van der Waals surface area contributed by atoms with Gasteiger partial charge in [0.2, 0.25) is 5.91 Å². The van der Waals surface area contributed by atoms with Crippen LogP contribution in [0.4, 0.5) is 18.3 Å². The molecule has 1 amide bonds. The van der Waals surface area contributed by atoms with Crippen LogP contribution in [0.2, 0.25) is 0 Å². The number of rotatable bonds is 6. The van der Waals surface area contributed by atoms with Gasteiger partial charge in [0, 0.05) is 11.4 Å². The SMILES string of the molecule is CCC(CC)N(CC(F)(F)F)C(=O)Cc1csc(N)n1. The number of aromatic nitrogens is 1. The van der Waals surface area contributed by atoms with Crippen LogP contribution >= 0.6 is 11.3 Å². The van der Waals surface area contributed by atoms with Crippen molar-refractivity contribution in [2.75, 3.05) is 12.3 Å². The Kier molecular flexibility index (Phi) is 5.79. The standard InChI is InChI=1S/C12H18F3N3OS/c1-3-9(4-2)18(7-12(13,14)15)10(19)5-8-6-20-11(16)17-8/h6,9H,3-5,7H2,1-2H3,(H2,16,17). The summed E-state index contributed by atoms with van der Waals surface area (Å²) in [6, 6.07) is -0.417. The number of carbonyl (C=O) groups is 1. The second kappa shape index (κ2) is 6.92. The summed E-state index contributed by atoms with van der Waals surface area (Å²) in [6.45, 7) is 2.31. The maximum Gasteiger partial charge on any atom is 0.406 e. The van der Waals surface area contributed by atoms with Gasteiger partial charge in [-0.15, -0.1) is 11.3 Å². The molecule has 1 aromatic heterocycles. The van der Waals surface area contributed by atoms with Crippen LogP contribution in [0.25, 0.3) is 0 Å². The smallest absolute Gasteiger partial charge is 0.375 e. The van der Waals surface area contributed by atoms with E-state index in [0.29, 0.717) is 23.7 Å². The monoisotopic (exact) mass is 309 g/mol. The molecule has 0 aliphatic rings. The average molecular weight is 309 g/mol. The van der Waals surface area contributed by atoms with E-state index < -0.39 is 24.7 Å². The topological polar surface area (TPSA) is 59.2 Å². The maximum absolute atomic E-state index is 12.6. The Morgan fingerprint density at radius 3 is 2.45 bits per heavy atom. The summed E-state index contributed by atoms with van der Waals surface area (Å²) in [5.74, 6) is -0.568. The number of amides is 1. The van der Waals surface area contributed by atoms with Crippen LogP contribution in [-0.2, 0) is 11.2 Å². The first-order chi connectivity index (χ1) is 9.26. The Hall–Kier alpha value is -1.31. The molecule has 20 heavy (non-hydrogen) atoms. The van der Waals surface area contributed by atoms with E-state index in [9.17, 15) is 18.0 Å². The zero-order valence-electron chi connectivity index (χ0n) is 11.4. The van der Waals surface area contributed by atoms with Crippen LogP contribution < -0.4 is 5.73 Å². The Bertz CT molecular complexity index is 443. The quantitative estimate of drug-likeness (QED) is 0.879. The van der Waals surface area contributed by atoms with E-state index in [-0.39, 0.29) is 6.42 Å². The summed E-state index contributed by atoms with van der Waals surface area (Å²) < 4.78 is 37.8. The number of nitrogen functional groups attached to an aromatic ring is 1. The number of alkyl halides is 3. The zero-order valence-corrected chi connectivity index (χ0v) is 12.2. The van der Waals surface area contributed by atoms with Crippen LogP contribution in [0.1, 0.15) is 32.4 Å². The molecule has 0 spiro atoms. The molecule has 0 fully saturated rings. The number of nitrogens with two attached hydrogens (primary N) is 1. The molecule has 0 saturated carbocycles. The molecule has 0 aliphatic carbocycles. The van der Waals surface area contributed by atoms with Crippen molar-refractivity contribution in [3.8, 4) is 0 Å². The lowest BCUT2D eigenvalue weighted by Gasteiger charge is -2.31. The van der Waals surface area contributed by atoms with Gasteiger partial charge in [-0.2, -0.15) is 13.2 Å². The van der Waals surface area contributed by atoms with Crippen LogP contribution in [0, 0.1) is 0 Å². The molecular formula is C12H18F3N3OS. The third-order valence-corrected chi connectivity index (χ3v) is 3.68. The van der Waals surface area contributed by atoms with E-state index in [0.717, 1.165) is 16.2 Å². The lowest BCUT2D eigenvalue weighted by molar-refractivity contribution is -0.165. The lowest BCUT2D eigenvalue weighted by Crippen LogP contribution is -2.46. The predicted octanol–water partition coefficient (Wildman–Crippen LogP) is 2.85. The highest BCUT2D eigenvalue weighted by molar-refractivity contribution is 7.13. The third-order valence-electron chi connectivity index (χ3n) is 2.96. The third kappa shape index (κ3) is 4.99. The van der Waals surface area contributed by atoms with Crippen molar-refractivity contribution in [3.63, 3.8) is 0 Å². The number of anilines is 1. The van der Waals surface area contributed by atoms with Gasteiger partial charge in [0.25, 0.3) is 0 Å². The fourth-order valence-corrected chi connectivity index (χ4v) is 2.57. The minimum absolute atomic E-state index is 0.153. The van der Waals surface area contributed by atoms with Crippen molar-refractivity contribution in [2.45, 2.75) is 45.3 Å². The lowest BCUT2D eigenvalue weighted by atomic mass is 10.1. The largest absolute Gasteiger partial charge is 0.406 e. The van der Waals surface area contributed by atoms with Crippen molar-refractivity contribution in [2.24, 2.45) is 0 Å². The van der Waals surface area contributed by atoms with Crippen LogP contribution in [0.15, 0.2) is 5.38 Å². The van der Waals surface area contributed by atoms with Crippen molar-refractivity contribution in [1.29, 1.82) is 0 Å². The molecule has 0 radical (unpaired) electrons. The molecule has 0 atom stereocenters. The molecule has 114 valence electrons. The van der Waals surface area contributed by atoms with Gasteiger partial charge in [0.1, 0.15) is 6.54 Å². The fourth-order valence-electron chi connectivity index (χ4n) is 2.00. The molecule has 0 bridgehead atoms. The average Bonchev–Trinajstić information content (AvgIpc) is 2.73. The Balaban J connectivity index is 2.83. The number of hydrogen-bond acceptors (Lipinski definition) is 4. The van der Waals surface area contributed by atoms with Crippen LogP contribution in [0.5, 0.6) is 0 Å². The fraction of sp³-hybridized carbons (Fsp3) is 0.667. The van der Waals surface area contributed by atoms with E-state index in [1.807, 2.05) is 0 Å². The summed E-state index contributed by atoms with van der Waals surface area (Å²) in [6.07, 6.45) is -3.59. The second-order valence-corrected chi connectivity index (χ2v) is 5.35. The van der Waals surface area contributed by atoms with Crippen molar-refractivity contribution in [1.82, 2.24) is 9.88 Å². The molecule has 2 N–H and O–H groups in total. The molecule has 0 aliphatic heterocycles. The Labute approximate surface area is 119 Å². The maximum atomic E-state index is 12.6. The number of halogens is 3. The Morgan fingerprint density at radius 1 is 1.45 bits per heavy atom. The molecule has 0 saturated heterocycles. The number of carbonyl (C=O) groups excluding carboxylic acids is 1. The van der Waals surface area contributed by atoms with Crippen molar-refractivity contribution >= 4 is 22.4 Å². The first kappa shape index (κ1) is 16.7. The van der Waals surface area contributed by atoms with Crippen LogP contribution in [-0.4, -0.2) is 34.6 Å². The van der Waals surface area contributed by atoms with Gasteiger partial charge in [-0.05, 0) is 12.8 Å². The molecule has 1 aromatic rings. The molecule has 0 unspecified atom stereocenters. The first-order valence-corrected chi connectivity index (χ1v) is 7.20. The van der Waals surface area contributed by atoms with E-state index in [1.165, 1.54) is 0 Å². The summed E-state index contributed by atoms with van der Waals surface area (Å²) in [5, 5.41) is 1.89. The zero-order chi connectivity index (χ0) is 15.3. The van der Waals surface area contributed by atoms with E-state index in [2.05, 4.69) is 4.98 Å². The van der Waals surface area contributed by atoms with Gasteiger partial charge >= 0.3 is 6.18 Å². The summed E-state index contributed by atoms with van der Waals surface area (Å²) in [5.41, 5.74) is 5.86. The van der Waals surface area contributed by atoms with Crippen molar-refractivity contribution in [3.05, 3.63) is 11.1 Å². The minimum atomic E-state index is -4.40. The molecule has 0 aromatic carbocycles. The van der Waals surface area contributed by atoms with Gasteiger partial charge in [0.15, 0.2) is 5.13 Å². The Morgan fingerprint density at radius 2 is 2.05 bits per heavy atom. The van der Waals surface area contributed by atoms with Gasteiger partial charge < -0.3 is 10.6 Å². The van der Waals surface area contributed by atoms with E-state index >= 15 is 0 Å². The molecule has 1 heterocycles. The minimum Gasteiger partial charge on any atom is -0.375 e. The highest BCUT2D eigenvalue weighted by Gasteiger charge is 2.35. The molecule has 4 nitrogen and oxygen atoms in total. The summed E-state index contributed by atoms with van der Waals surface area (Å²) in [4.78, 5) is 16.9. The predicted molar refractivity (Wildman–Crippen MR) is 72.4 cm³/mol. The molecular weight excluding hydrogens is 291 g/mol. The highest BCUT2D eigenvalue weighted by Crippen LogP contribution is 2.22. The highest BCUT2D eigenvalue weighted by atomic mass is 32.1.